The highest BCUT2D eigenvalue weighted by atomic mass is 16.3. The van der Waals surface area contributed by atoms with Crippen LogP contribution in [0.5, 0.6) is 0 Å². The van der Waals surface area contributed by atoms with Gasteiger partial charge in [-0.1, -0.05) is 51.1 Å². The molecule has 3 atom stereocenters. The lowest BCUT2D eigenvalue weighted by molar-refractivity contribution is 0.208. The van der Waals surface area contributed by atoms with Crippen molar-refractivity contribution >= 4 is 0 Å². The van der Waals surface area contributed by atoms with Crippen molar-refractivity contribution in [3.8, 4) is 0 Å². The van der Waals surface area contributed by atoms with Crippen molar-refractivity contribution < 1.29 is 5.11 Å². The van der Waals surface area contributed by atoms with Crippen molar-refractivity contribution in [1.29, 1.82) is 0 Å². The second-order valence-corrected chi connectivity index (χ2v) is 5.66. The van der Waals surface area contributed by atoms with Gasteiger partial charge in [0.2, 0.25) is 0 Å². The number of hydrogen-bond acceptors (Lipinski definition) is 1. The van der Waals surface area contributed by atoms with Crippen molar-refractivity contribution in [2.24, 2.45) is 17.8 Å². The zero-order chi connectivity index (χ0) is 12.7. The van der Waals surface area contributed by atoms with E-state index in [4.69, 9.17) is 5.11 Å². The number of rotatable bonds is 7. The Kier molecular flexibility index (Phi) is 6.28. The Hall–Kier alpha value is -0.820. The molecule has 0 aliphatic heterocycles. The summed E-state index contributed by atoms with van der Waals surface area (Å²) in [5, 5.41) is 9.05. The van der Waals surface area contributed by atoms with Crippen molar-refractivity contribution in [1.82, 2.24) is 0 Å². The lowest BCUT2D eigenvalue weighted by Gasteiger charge is -2.19. The van der Waals surface area contributed by atoms with Gasteiger partial charge >= 0.3 is 0 Å². The summed E-state index contributed by atoms with van der Waals surface area (Å²) in [6, 6.07) is 10.7. The zero-order valence-electron chi connectivity index (χ0n) is 11.4. The van der Waals surface area contributed by atoms with Gasteiger partial charge in [0.05, 0.1) is 0 Å². The van der Waals surface area contributed by atoms with Gasteiger partial charge in [0.25, 0.3) is 0 Å². The van der Waals surface area contributed by atoms with E-state index in [0.717, 1.165) is 12.3 Å². The predicted octanol–water partition coefficient (Wildman–Crippen LogP) is 3.91. The maximum atomic E-state index is 9.05. The Morgan fingerprint density at radius 3 is 2.06 bits per heavy atom. The molecule has 0 aliphatic rings. The van der Waals surface area contributed by atoms with Crippen LogP contribution in [-0.4, -0.2) is 11.7 Å². The lowest BCUT2D eigenvalue weighted by Crippen LogP contribution is -2.11. The molecule has 1 heteroatoms. The zero-order valence-corrected chi connectivity index (χ0v) is 11.4. The van der Waals surface area contributed by atoms with Crippen LogP contribution in [0.4, 0.5) is 0 Å². The summed E-state index contributed by atoms with van der Waals surface area (Å²) in [5.41, 5.74) is 1.43. The molecule has 0 bridgehead atoms. The first-order valence-electron chi connectivity index (χ1n) is 6.76. The second kappa shape index (κ2) is 7.50. The molecule has 1 N–H and O–H groups in total. The molecule has 0 spiro atoms. The summed E-state index contributed by atoms with van der Waals surface area (Å²) in [6.45, 7) is 7.07. The fraction of sp³-hybridized carbons (Fsp3) is 0.625. The van der Waals surface area contributed by atoms with Crippen LogP contribution in [0.15, 0.2) is 30.3 Å². The van der Waals surface area contributed by atoms with Crippen LogP contribution >= 0.6 is 0 Å². The minimum atomic E-state index is 0.317. The molecule has 0 fully saturated rings. The average molecular weight is 234 g/mol. The highest BCUT2D eigenvalue weighted by Crippen LogP contribution is 2.22. The first-order chi connectivity index (χ1) is 8.11. The molecule has 0 amide bonds. The third kappa shape index (κ3) is 5.88. The lowest BCUT2D eigenvalue weighted by atomic mass is 9.87. The Morgan fingerprint density at radius 1 is 0.882 bits per heavy atom. The van der Waals surface area contributed by atoms with Crippen LogP contribution < -0.4 is 0 Å². The molecule has 0 radical (unpaired) electrons. The molecule has 0 heterocycles. The van der Waals surface area contributed by atoms with E-state index in [1.807, 2.05) is 0 Å². The van der Waals surface area contributed by atoms with Crippen LogP contribution in [0.1, 0.15) is 39.2 Å². The van der Waals surface area contributed by atoms with Crippen LogP contribution in [-0.2, 0) is 6.42 Å². The average Bonchev–Trinajstić information content (AvgIpc) is 2.29. The summed E-state index contributed by atoms with van der Waals surface area (Å²) < 4.78 is 0. The number of benzene rings is 1. The molecule has 0 aliphatic carbocycles. The molecule has 1 aromatic carbocycles. The molecular formula is C16H26O. The largest absolute Gasteiger partial charge is 0.396 e. The van der Waals surface area contributed by atoms with Gasteiger partial charge in [-0.15, -0.1) is 0 Å². The molecule has 1 rings (SSSR count). The molecule has 0 saturated heterocycles. The van der Waals surface area contributed by atoms with Gasteiger partial charge in [-0.05, 0) is 42.6 Å². The Balaban J connectivity index is 2.31. The molecule has 0 saturated carbocycles. The van der Waals surface area contributed by atoms with Gasteiger partial charge in [0, 0.05) is 6.61 Å². The van der Waals surface area contributed by atoms with Gasteiger partial charge in [0.15, 0.2) is 0 Å². The summed E-state index contributed by atoms with van der Waals surface area (Å²) in [6.07, 6.45) is 3.55. The van der Waals surface area contributed by atoms with Crippen molar-refractivity contribution in [2.45, 2.75) is 40.0 Å². The van der Waals surface area contributed by atoms with E-state index in [-0.39, 0.29) is 0 Å². The topological polar surface area (TPSA) is 20.2 Å². The maximum absolute atomic E-state index is 9.05. The number of aliphatic hydroxyl groups is 1. The summed E-state index contributed by atoms with van der Waals surface area (Å²) in [7, 11) is 0. The van der Waals surface area contributed by atoms with Crippen molar-refractivity contribution in [3.63, 3.8) is 0 Å². The molecular weight excluding hydrogens is 208 g/mol. The molecule has 0 aromatic heterocycles. The third-order valence-corrected chi connectivity index (χ3v) is 3.35. The van der Waals surface area contributed by atoms with Crippen LogP contribution in [0, 0.1) is 17.8 Å². The Bertz CT molecular complexity index is 294. The van der Waals surface area contributed by atoms with Crippen LogP contribution in [0.2, 0.25) is 0 Å². The first kappa shape index (κ1) is 14.2. The van der Waals surface area contributed by atoms with Gasteiger partial charge in [-0.3, -0.25) is 0 Å². The van der Waals surface area contributed by atoms with Gasteiger partial charge in [0.1, 0.15) is 0 Å². The summed E-state index contributed by atoms with van der Waals surface area (Å²) >= 11 is 0. The minimum absolute atomic E-state index is 0.317. The van der Waals surface area contributed by atoms with Gasteiger partial charge in [-0.2, -0.15) is 0 Å². The van der Waals surface area contributed by atoms with Gasteiger partial charge in [-0.25, -0.2) is 0 Å². The van der Waals surface area contributed by atoms with E-state index in [1.54, 1.807) is 0 Å². The van der Waals surface area contributed by atoms with Crippen LogP contribution in [0.3, 0.4) is 0 Å². The SMILES string of the molecule is C[C@H](C[C@H](C)Cc1ccccc1)C[C@@H](C)CO. The third-order valence-electron chi connectivity index (χ3n) is 3.35. The Morgan fingerprint density at radius 2 is 1.47 bits per heavy atom. The van der Waals surface area contributed by atoms with Crippen molar-refractivity contribution in [2.75, 3.05) is 6.61 Å². The van der Waals surface area contributed by atoms with Crippen molar-refractivity contribution in [3.05, 3.63) is 35.9 Å². The maximum Gasteiger partial charge on any atom is 0.0456 e. The van der Waals surface area contributed by atoms with E-state index >= 15 is 0 Å². The molecule has 1 aromatic rings. The predicted molar refractivity (Wildman–Crippen MR) is 74.0 cm³/mol. The van der Waals surface area contributed by atoms with Gasteiger partial charge < -0.3 is 5.11 Å². The van der Waals surface area contributed by atoms with E-state index in [9.17, 15) is 0 Å². The highest BCUT2D eigenvalue weighted by Gasteiger charge is 2.12. The monoisotopic (exact) mass is 234 g/mol. The smallest absolute Gasteiger partial charge is 0.0456 e. The van der Waals surface area contributed by atoms with E-state index in [1.165, 1.54) is 18.4 Å². The molecule has 96 valence electrons. The molecule has 1 nitrogen and oxygen atoms in total. The summed E-state index contributed by atoms with van der Waals surface area (Å²) in [5.74, 6) is 1.86. The van der Waals surface area contributed by atoms with Crippen LogP contribution in [0.25, 0.3) is 0 Å². The van der Waals surface area contributed by atoms with E-state index in [0.29, 0.717) is 18.4 Å². The summed E-state index contributed by atoms with van der Waals surface area (Å²) in [4.78, 5) is 0. The fourth-order valence-electron chi connectivity index (χ4n) is 2.64. The quantitative estimate of drug-likeness (QED) is 0.758. The number of aliphatic hydroxyl groups excluding tert-OH is 1. The molecule has 0 unspecified atom stereocenters. The second-order valence-electron chi connectivity index (χ2n) is 5.66. The first-order valence-corrected chi connectivity index (χ1v) is 6.76. The van der Waals surface area contributed by atoms with E-state index < -0.39 is 0 Å². The van der Waals surface area contributed by atoms with E-state index in [2.05, 4.69) is 51.1 Å². The highest BCUT2D eigenvalue weighted by molar-refractivity contribution is 5.15. The molecule has 17 heavy (non-hydrogen) atoms. The fourth-order valence-corrected chi connectivity index (χ4v) is 2.64. The Labute approximate surface area is 106 Å². The standard InChI is InChI=1S/C16H26O/c1-13(10-15(3)12-17)9-14(2)11-16-7-5-4-6-8-16/h4-8,13-15,17H,9-12H2,1-3H3/t13-,14+,15-/m1/s1. The minimum Gasteiger partial charge on any atom is -0.396 e. The number of hydrogen-bond donors (Lipinski definition) is 1. The normalized spacial score (nSPS) is 16.5.